The zero-order chi connectivity index (χ0) is 27.9. The number of likely N-dealkylation sites (N-methyl/N-ethyl adjacent to an activating group) is 1. The Morgan fingerprint density at radius 3 is 2.54 bits per heavy atom. The normalized spacial score (nSPS) is 11.8. The Balaban J connectivity index is 1.54. The third-order valence-corrected chi connectivity index (χ3v) is 6.68. The lowest BCUT2D eigenvalue weighted by Crippen LogP contribution is -2.40. The number of aromatic nitrogens is 3. The Hall–Kier alpha value is -3.90. The van der Waals surface area contributed by atoms with Crippen molar-refractivity contribution in [3.63, 3.8) is 0 Å². The zero-order valence-corrected chi connectivity index (χ0v) is 23.4. The summed E-state index contributed by atoms with van der Waals surface area (Å²) in [6.07, 6.45) is 1.16. The van der Waals surface area contributed by atoms with Crippen LogP contribution in [0, 0.1) is 18.8 Å². The molecule has 8 nitrogen and oxygen atoms in total. The molecule has 4 aromatic rings. The highest BCUT2D eigenvalue weighted by Gasteiger charge is 2.13. The lowest BCUT2D eigenvalue weighted by atomic mass is 10.1. The Kier molecular flexibility index (Phi) is 9.20. The maximum Gasteiger partial charge on any atom is 0.251 e. The van der Waals surface area contributed by atoms with Gasteiger partial charge < -0.3 is 20.6 Å². The number of carbonyl (C=O) groups is 1. The van der Waals surface area contributed by atoms with Crippen LogP contribution in [0.4, 0.5) is 11.6 Å². The molecule has 202 valence electrons. The van der Waals surface area contributed by atoms with Crippen molar-refractivity contribution < 1.29 is 9.90 Å². The molecular weight excluding hydrogens is 512 g/mol. The van der Waals surface area contributed by atoms with Gasteiger partial charge in [0.15, 0.2) is 0 Å². The summed E-state index contributed by atoms with van der Waals surface area (Å²) in [7, 11) is 1.86. The number of aryl methyl sites for hydroxylation is 2. The van der Waals surface area contributed by atoms with Crippen LogP contribution in [0.5, 0.6) is 0 Å². The van der Waals surface area contributed by atoms with Gasteiger partial charge in [-0.05, 0) is 56.4 Å². The van der Waals surface area contributed by atoms with Gasteiger partial charge >= 0.3 is 0 Å². The number of hydrogen-bond acceptors (Lipinski definition) is 6. The average molecular weight is 545 g/mol. The van der Waals surface area contributed by atoms with Crippen LogP contribution in [-0.4, -0.2) is 63.0 Å². The van der Waals surface area contributed by atoms with E-state index in [0.29, 0.717) is 28.5 Å². The van der Waals surface area contributed by atoms with Gasteiger partial charge in [0.05, 0.1) is 17.4 Å². The van der Waals surface area contributed by atoms with E-state index in [-0.39, 0.29) is 12.5 Å². The molecule has 0 bridgehead atoms. The van der Waals surface area contributed by atoms with E-state index >= 15 is 0 Å². The Bertz CT molecular complexity index is 1520. The maximum atomic E-state index is 12.6. The van der Waals surface area contributed by atoms with Gasteiger partial charge in [0.2, 0.25) is 0 Å². The van der Waals surface area contributed by atoms with Crippen LogP contribution in [-0.2, 0) is 7.05 Å². The number of benzene rings is 2. The number of aliphatic hydroxyl groups excluding tert-OH is 1. The number of aliphatic hydroxyl groups is 1. The van der Waals surface area contributed by atoms with Crippen LogP contribution in [0.2, 0.25) is 5.02 Å². The van der Waals surface area contributed by atoms with E-state index in [1.54, 1.807) is 35.1 Å². The van der Waals surface area contributed by atoms with Gasteiger partial charge in [-0.3, -0.25) is 9.48 Å². The molecule has 0 aliphatic heterocycles. The van der Waals surface area contributed by atoms with Crippen molar-refractivity contribution in [1.82, 2.24) is 25.0 Å². The summed E-state index contributed by atoms with van der Waals surface area (Å²) >= 11 is 6.32. The van der Waals surface area contributed by atoms with Crippen LogP contribution >= 0.6 is 11.6 Å². The van der Waals surface area contributed by atoms with Gasteiger partial charge in [-0.1, -0.05) is 43.4 Å². The quantitative estimate of drug-likeness (QED) is 0.268. The molecule has 4 rings (SSSR count). The molecule has 0 fully saturated rings. The second kappa shape index (κ2) is 12.8. The number of anilines is 2. The highest BCUT2D eigenvalue weighted by molar-refractivity contribution is 6.31. The standard InChI is InChI=1S/C30H33ClN6O2/c1-5-37(6-2)19-25(38)18-33-30(39)22-10-7-21(8-11-22)9-14-26-27-16-24(31)13-12-23(27)17-32-29(26)34-28-15-20(3)35-36(28)4/h7-8,10-13,15-17,25,38H,5-6,18-19H2,1-4H3,(H,32,34)(H,33,39). The topological polar surface area (TPSA) is 95.3 Å². The average Bonchev–Trinajstić information content (AvgIpc) is 3.25. The van der Waals surface area contributed by atoms with Crippen molar-refractivity contribution in [3.05, 3.63) is 82.1 Å². The number of nitrogens with one attached hydrogen (secondary N) is 2. The highest BCUT2D eigenvalue weighted by atomic mass is 35.5. The van der Waals surface area contributed by atoms with Crippen LogP contribution < -0.4 is 10.6 Å². The third kappa shape index (κ3) is 7.15. The molecule has 0 aliphatic rings. The number of rotatable bonds is 9. The largest absolute Gasteiger partial charge is 0.390 e. The molecule has 9 heteroatoms. The first-order valence-corrected chi connectivity index (χ1v) is 13.3. The van der Waals surface area contributed by atoms with Crippen molar-refractivity contribution >= 4 is 39.9 Å². The molecule has 0 radical (unpaired) electrons. The Morgan fingerprint density at radius 2 is 1.87 bits per heavy atom. The summed E-state index contributed by atoms with van der Waals surface area (Å²) in [5.41, 5.74) is 2.84. The molecule has 0 spiro atoms. The predicted molar refractivity (Wildman–Crippen MR) is 157 cm³/mol. The van der Waals surface area contributed by atoms with E-state index in [1.807, 2.05) is 52.1 Å². The molecule has 2 aromatic heterocycles. The van der Waals surface area contributed by atoms with Gasteiger partial charge in [-0.15, -0.1) is 0 Å². The van der Waals surface area contributed by atoms with Crippen LogP contribution in [0.1, 0.15) is 41.0 Å². The number of hydrogen-bond donors (Lipinski definition) is 3. The fraction of sp³-hybridized carbons (Fsp3) is 0.300. The Morgan fingerprint density at radius 1 is 1.13 bits per heavy atom. The number of pyridine rings is 1. The van der Waals surface area contributed by atoms with Crippen LogP contribution in [0.15, 0.2) is 54.7 Å². The summed E-state index contributed by atoms with van der Waals surface area (Å²) in [6, 6.07) is 14.6. The Labute approximate surface area is 234 Å². The van der Waals surface area contributed by atoms with E-state index in [9.17, 15) is 9.90 Å². The first kappa shape index (κ1) is 28.1. The lowest BCUT2D eigenvalue weighted by molar-refractivity contribution is 0.0869. The molecule has 39 heavy (non-hydrogen) atoms. The van der Waals surface area contributed by atoms with Crippen molar-refractivity contribution in [1.29, 1.82) is 0 Å². The van der Waals surface area contributed by atoms with Gasteiger partial charge in [0, 0.05) is 59.3 Å². The number of halogens is 1. The number of fused-ring (bicyclic) bond motifs is 1. The summed E-state index contributed by atoms with van der Waals surface area (Å²) in [6.45, 7) is 8.44. The molecule has 0 aliphatic carbocycles. The predicted octanol–water partition coefficient (Wildman–Crippen LogP) is 4.51. The van der Waals surface area contributed by atoms with Crippen molar-refractivity contribution in [2.24, 2.45) is 7.05 Å². The third-order valence-electron chi connectivity index (χ3n) is 6.44. The minimum atomic E-state index is -0.625. The zero-order valence-electron chi connectivity index (χ0n) is 22.6. The molecule has 1 amide bonds. The van der Waals surface area contributed by atoms with Crippen LogP contribution in [0.25, 0.3) is 10.8 Å². The molecule has 0 saturated heterocycles. The molecule has 3 N–H and O–H groups in total. The summed E-state index contributed by atoms with van der Waals surface area (Å²) in [5.74, 6) is 7.61. The maximum absolute atomic E-state index is 12.6. The number of carbonyl (C=O) groups excluding carboxylic acids is 1. The summed E-state index contributed by atoms with van der Waals surface area (Å²) in [4.78, 5) is 19.3. The molecule has 0 saturated carbocycles. The van der Waals surface area contributed by atoms with E-state index < -0.39 is 6.10 Å². The van der Waals surface area contributed by atoms with Gasteiger partial charge in [0.25, 0.3) is 5.91 Å². The van der Waals surface area contributed by atoms with Gasteiger partial charge in [-0.2, -0.15) is 5.10 Å². The summed E-state index contributed by atoms with van der Waals surface area (Å²) < 4.78 is 1.75. The van der Waals surface area contributed by atoms with E-state index in [2.05, 4.69) is 37.5 Å². The van der Waals surface area contributed by atoms with Gasteiger partial charge in [-0.25, -0.2) is 4.98 Å². The second-order valence-electron chi connectivity index (χ2n) is 9.31. The molecular formula is C30H33ClN6O2. The first-order valence-electron chi connectivity index (χ1n) is 12.9. The van der Waals surface area contributed by atoms with E-state index in [0.717, 1.165) is 40.9 Å². The second-order valence-corrected chi connectivity index (χ2v) is 9.75. The van der Waals surface area contributed by atoms with Crippen LogP contribution in [0.3, 0.4) is 0 Å². The van der Waals surface area contributed by atoms with E-state index in [1.165, 1.54) is 0 Å². The molecule has 2 heterocycles. The minimum Gasteiger partial charge on any atom is -0.390 e. The smallest absolute Gasteiger partial charge is 0.251 e. The summed E-state index contributed by atoms with van der Waals surface area (Å²) in [5, 5.41) is 23.2. The van der Waals surface area contributed by atoms with Crippen molar-refractivity contribution in [2.75, 3.05) is 31.5 Å². The number of amides is 1. The molecule has 1 unspecified atom stereocenters. The molecule has 2 aromatic carbocycles. The first-order chi connectivity index (χ1) is 18.8. The lowest BCUT2D eigenvalue weighted by Gasteiger charge is -2.22. The SMILES string of the molecule is CCN(CC)CC(O)CNC(=O)c1ccc(C#Cc2c(Nc3cc(C)nn3C)ncc3ccc(Cl)cc23)cc1. The highest BCUT2D eigenvalue weighted by Crippen LogP contribution is 2.28. The van der Waals surface area contributed by atoms with Gasteiger partial charge in [0.1, 0.15) is 11.6 Å². The number of nitrogens with zero attached hydrogens (tertiary/aromatic N) is 4. The monoisotopic (exact) mass is 544 g/mol. The van der Waals surface area contributed by atoms with Crippen molar-refractivity contribution in [2.45, 2.75) is 26.9 Å². The fourth-order valence-corrected chi connectivity index (χ4v) is 4.42. The van der Waals surface area contributed by atoms with E-state index in [4.69, 9.17) is 11.6 Å². The minimum absolute atomic E-state index is 0.194. The fourth-order valence-electron chi connectivity index (χ4n) is 4.25. The van der Waals surface area contributed by atoms with Crippen molar-refractivity contribution in [3.8, 4) is 11.8 Å². The molecule has 1 atom stereocenters.